The lowest BCUT2D eigenvalue weighted by molar-refractivity contribution is 0.0145. The van der Waals surface area contributed by atoms with Gasteiger partial charge in [0, 0.05) is 6.20 Å². The summed E-state index contributed by atoms with van der Waals surface area (Å²) < 4.78 is 26.6. The monoisotopic (exact) mass is 521 g/mol. The van der Waals surface area contributed by atoms with Crippen LogP contribution in [0.15, 0.2) is 67.7 Å². The van der Waals surface area contributed by atoms with Crippen molar-refractivity contribution in [1.82, 2.24) is 20.2 Å². The van der Waals surface area contributed by atoms with Gasteiger partial charge in [0.2, 0.25) is 0 Å². The molecule has 2 aromatic carbocycles. The van der Waals surface area contributed by atoms with Gasteiger partial charge < -0.3 is 14.8 Å². The third-order valence-corrected chi connectivity index (χ3v) is 5.37. The van der Waals surface area contributed by atoms with E-state index >= 15 is 0 Å². The van der Waals surface area contributed by atoms with Crippen molar-refractivity contribution in [3.05, 3.63) is 90.2 Å². The Labute approximate surface area is 221 Å². The number of carbonyl (C=O) groups is 1. The summed E-state index contributed by atoms with van der Waals surface area (Å²) in [6.07, 6.45) is 4.28. The van der Waals surface area contributed by atoms with Gasteiger partial charge in [0.1, 0.15) is 24.8 Å². The van der Waals surface area contributed by atoms with Crippen LogP contribution in [0.3, 0.4) is 0 Å². The molecule has 200 valence electrons. The number of aromatic nitrogens is 3. The van der Waals surface area contributed by atoms with E-state index in [1.165, 1.54) is 18.5 Å². The fourth-order valence-corrected chi connectivity index (χ4v) is 3.55. The maximum absolute atomic E-state index is 14.7. The zero-order valence-corrected chi connectivity index (χ0v) is 22.0. The van der Waals surface area contributed by atoms with Crippen molar-refractivity contribution in [3.63, 3.8) is 0 Å². The molecule has 2 heterocycles. The molecular formula is C28H32FN5O4. The highest BCUT2D eigenvalue weighted by molar-refractivity contribution is 6.07. The van der Waals surface area contributed by atoms with E-state index in [1.807, 2.05) is 38.1 Å². The van der Waals surface area contributed by atoms with Crippen molar-refractivity contribution < 1.29 is 23.5 Å². The number of fused-ring (bicyclic) bond motifs is 1. The number of anilines is 2. The Balaban J connectivity index is 0.00000195. The van der Waals surface area contributed by atoms with Gasteiger partial charge >= 0.3 is 0 Å². The standard InChI is InChI=1S/C26H26FN5O4.C2H6/c1-4-35-11-12-36-31-26(33)21-14-28-25-20(24(21)30-23-10-5-17(2)13-22(23)27)15-29-32(25)16-18-6-8-19(34-3)9-7-18;1-2/h4-10,13-15H,1,11-12,16H2,2-3H3,(H,28,30)(H,31,33);1-2H3. The number of methoxy groups -OCH3 is 1. The number of hydrogen-bond acceptors (Lipinski definition) is 7. The van der Waals surface area contributed by atoms with E-state index in [0.717, 1.165) is 16.9 Å². The van der Waals surface area contributed by atoms with Crippen LogP contribution in [0, 0.1) is 12.7 Å². The van der Waals surface area contributed by atoms with Crippen LogP contribution in [-0.4, -0.2) is 41.0 Å². The van der Waals surface area contributed by atoms with Crippen molar-refractivity contribution >= 4 is 28.3 Å². The van der Waals surface area contributed by atoms with E-state index < -0.39 is 11.7 Å². The molecule has 0 aliphatic carbocycles. The fraction of sp³-hybridized carbons (Fsp3) is 0.250. The van der Waals surface area contributed by atoms with E-state index in [1.54, 1.807) is 37.0 Å². The van der Waals surface area contributed by atoms with Crippen LogP contribution in [0.25, 0.3) is 11.0 Å². The quantitative estimate of drug-likeness (QED) is 0.152. The van der Waals surface area contributed by atoms with Gasteiger partial charge in [-0.2, -0.15) is 5.10 Å². The minimum Gasteiger partial charge on any atom is -0.499 e. The Hall–Kier alpha value is -4.44. The SMILES string of the molecule is C=COCCONC(=O)c1cnc2c(cnn2Cc2ccc(OC)cc2)c1Nc1ccc(C)cc1F.CC. The third-order valence-electron chi connectivity index (χ3n) is 5.37. The van der Waals surface area contributed by atoms with Gasteiger partial charge in [-0.15, -0.1) is 0 Å². The Morgan fingerprint density at radius 3 is 2.58 bits per heavy atom. The van der Waals surface area contributed by atoms with E-state index in [2.05, 4.69) is 27.5 Å². The highest BCUT2D eigenvalue weighted by Crippen LogP contribution is 2.31. The largest absolute Gasteiger partial charge is 0.499 e. The van der Waals surface area contributed by atoms with Gasteiger partial charge in [-0.3, -0.25) is 9.63 Å². The fourth-order valence-electron chi connectivity index (χ4n) is 3.55. The Kier molecular flexibility index (Phi) is 10.2. The van der Waals surface area contributed by atoms with Gasteiger partial charge in [0.25, 0.3) is 5.91 Å². The number of amides is 1. The smallest absolute Gasteiger partial charge is 0.278 e. The predicted molar refractivity (Wildman–Crippen MR) is 145 cm³/mol. The molecule has 2 aromatic heterocycles. The van der Waals surface area contributed by atoms with Gasteiger partial charge in [-0.05, 0) is 42.3 Å². The molecule has 0 unspecified atom stereocenters. The number of aryl methyl sites for hydroxylation is 1. The Morgan fingerprint density at radius 1 is 1.13 bits per heavy atom. The van der Waals surface area contributed by atoms with Crippen molar-refractivity contribution in [3.8, 4) is 5.75 Å². The second-order valence-electron chi connectivity index (χ2n) is 7.86. The van der Waals surface area contributed by atoms with Gasteiger partial charge in [0.15, 0.2) is 5.65 Å². The molecular weight excluding hydrogens is 489 g/mol. The minimum atomic E-state index is -0.555. The summed E-state index contributed by atoms with van der Waals surface area (Å²) in [6, 6.07) is 12.4. The van der Waals surface area contributed by atoms with E-state index in [4.69, 9.17) is 14.3 Å². The summed E-state index contributed by atoms with van der Waals surface area (Å²) >= 11 is 0. The number of benzene rings is 2. The summed E-state index contributed by atoms with van der Waals surface area (Å²) in [5.41, 5.74) is 5.38. The molecule has 0 bridgehead atoms. The number of pyridine rings is 1. The predicted octanol–water partition coefficient (Wildman–Crippen LogP) is 5.53. The van der Waals surface area contributed by atoms with E-state index in [0.29, 0.717) is 23.3 Å². The number of rotatable bonds is 11. The average molecular weight is 522 g/mol. The van der Waals surface area contributed by atoms with Crippen LogP contribution in [0.1, 0.15) is 35.3 Å². The van der Waals surface area contributed by atoms with Crippen LogP contribution in [-0.2, 0) is 16.1 Å². The molecule has 4 aromatic rings. The maximum Gasteiger partial charge on any atom is 0.278 e. The first-order valence-electron chi connectivity index (χ1n) is 12.2. The van der Waals surface area contributed by atoms with E-state index in [-0.39, 0.29) is 24.5 Å². The second-order valence-corrected chi connectivity index (χ2v) is 7.86. The normalized spacial score (nSPS) is 10.3. The second kappa shape index (κ2) is 13.8. The number of hydrogen-bond donors (Lipinski definition) is 2. The summed E-state index contributed by atoms with van der Waals surface area (Å²) in [5, 5.41) is 8.07. The number of ether oxygens (including phenoxy) is 2. The first-order valence-corrected chi connectivity index (χ1v) is 12.2. The number of halogens is 1. The van der Waals surface area contributed by atoms with Crippen LogP contribution >= 0.6 is 0 Å². The molecule has 0 aliphatic rings. The van der Waals surface area contributed by atoms with Gasteiger partial charge in [-0.25, -0.2) is 19.5 Å². The molecule has 0 fully saturated rings. The summed E-state index contributed by atoms with van der Waals surface area (Å²) in [4.78, 5) is 22.6. The number of nitrogens with zero attached hydrogens (tertiary/aromatic N) is 3. The van der Waals surface area contributed by atoms with E-state index in [9.17, 15) is 9.18 Å². The molecule has 4 rings (SSSR count). The molecule has 9 nitrogen and oxygen atoms in total. The average Bonchev–Trinajstić information content (AvgIpc) is 3.34. The van der Waals surface area contributed by atoms with Crippen molar-refractivity contribution in [2.75, 3.05) is 25.6 Å². The minimum absolute atomic E-state index is 0.114. The molecule has 1 amide bonds. The summed E-state index contributed by atoms with van der Waals surface area (Å²) in [6.45, 7) is 10.0. The summed E-state index contributed by atoms with van der Waals surface area (Å²) in [5.74, 6) is -0.251. The molecule has 0 radical (unpaired) electrons. The summed E-state index contributed by atoms with van der Waals surface area (Å²) in [7, 11) is 1.61. The molecule has 2 N–H and O–H groups in total. The lowest BCUT2D eigenvalue weighted by Crippen LogP contribution is -2.26. The van der Waals surface area contributed by atoms with Crippen LogP contribution in [0.4, 0.5) is 15.8 Å². The van der Waals surface area contributed by atoms with Crippen LogP contribution in [0.5, 0.6) is 5.75 Å². The molecule has 0 aliphatic heterocycles. The molecule has 0 saturated heterocycles. The van der Waals surface area contributed by atoms with Gasteiger partial charge in [-0.1, -0.05) is 38.6 Å². The zero-order valence-electron chi connectivity index (χ0n) is 22.0. The number of carbonyl (C=O) groups excluding carboxylic acids is 1. The van der Waals surface area contributed by atoms with Crippen molar-refractivity contribution in [2.24, 2.45) is 0 Å². The molecule has 10 heteroatoms. The Morgan fingerprint density at radius 2 is 1.89 bits per heavy atom. The third kappa shape index (κ3) is 6.86. The highest BCUT2D eigenvalue weighted by atomic mass is 19.1. The maximum atomic E-state index is 14.7. The molecule has 0 atom stereocenters. The molecule has 38 heavy (non-hydrogen) atoms. The number of nitrogens with one attached hydrogen (secondary N) is 2. The zero-order chi connectivity index (χ0) is 27.5. The lowest BCUT2D eigenvalue weighted by Gasteiger charge is -2.14. The highest BCUT2D eigenvalue weighted by Gasteiger charge is 2.20. The first-order chi connectivity index (χ1) is 18.5. The van der Waals surface area contributed by atoms with Crippen LogP contribution in [0.2, 0.25) is 0 Å². The van der Waals surface area contributed by atoms with Crippen LogP contribution < -0.4 is 15.5 Å². The Bertz CT molecular complexity index is 1370. The van der Waals surface area contributed by atoms with Crippen molar-refractivity contribution in [2.45, 2.75) is 27.3 Å². The number of hydroxylamine groups is 1. The van der Waals surface area contributed by atoms with Crippen molar-refractivity contribution in [1.29, 1.82) is 0 Å². The van der Waals surface area contributed by atoms with Gasteiger partial charge in [0.05, 0.1) is 48.4 Å². The topological polar surface area (TPSA) is 99.5 Å². The molecule has 0 spiro atoms. The lowest BCUT2D eigenvalue weighted by atomic mass is 10.1. The first kappa shape index (κ1) is 28.1. The molecule has 0 saturated carbocycles.